The van der Waals surface area contributed by atoms with E-state index in [2.05, 4.69) is 59.4 Å². The molecule has 1 amide bonds. The lowest BCUT2D eigenvalue weighted by atomic mass is 9.91. The Morgan fingerprint density at radius 2 is 1.97 bits per heavy atom. The van der Waals surface area contributed by atoms with Crippen molar-refractivity contribution in [2.75, 3.05) is 31.6 Å². The number of dihydropyridines is 1. The summed E-state index contributed by atoms with van der Waals surface area (Å²) in [6.07, 6.45) is 9.21. The Kier molecular flexibility index (Phi) is 6.59. The van der Waals surface area contributed by atoms with E-state index in [1.165, 1.54) is 22.5 Å². The number of nitrogens with zero attached hydrogens (tertiary/aromatic N) is 3. The first-order chi connectivity index (χ1) is 16.0. The molecule has 2 fully saturated rings. The van der Waals surface area contributed by atoms with Gasteiger partial charge in [0.1, 0.15) is 12.8 Å². The van der Waals surface area contributed by atoms with Gasteiger partial charge in [-0.15, -0.1) is 11.6 Å². The van der Waals surface area contributed by atoms with Gasteiger partial charge in [-0.3, -0.25) is 14.7 Å². The van der Waals surface area contributed by atoms with Crippen LogP contribution in [-0.4, -0.2) is 67.5 Å². The van der Waals surface area contributed by atoms with Crippen LogP contribution >= 0.6 is 11.6 Å². The number of para-hydroxylation sites is 1. The number of halogens is 1. The molecule has 0 spiro atoms. The number of benzene rings is 1. The summed E-state index contributed by atoms with van der Waals surface area (Å²) in [6.45, 7) is 4.16. The van der Waals surface area contributed by atoms with E-state index in [1.54, 1.807) is 0 Å². The van der Waals surface area contributed by atoms with Gasteiger partial charge in [0.25, 0.3) is 0 Å². The van der Waals surface area contributed by atoms with Crippen molar-refractivity contribution >= 4 is 29.4 Å². The van der Waals surface area contributed by atoms with Gasteiger partial charge >= 0.3 is 0 Å². The molecular formula is C26H33ClN4O2. The normalized spacial score (nSPS) is 26.3. The van der Waals surface area contributed by atoms with Crippen LogP contribution in [0, 0.1) is 0 Å². The SMILES string of the molecule is CC1=C(C2=CC(N3CCC(OCC(=O)NC4CC4)CC3)N=CC2Cl)N(C)c2ccccc2C1. The number of anilines is 1. The molecule has 176 valence electrons. The van der Waals surface area contributed by atoms with Crippen LogP contribution in [-0.2, 0) is 16.0 Å². The molecular weight excluding hydrogens is 436 g/mol. The number of carbonyl (C=O) groups is 1. The number of ether oxygens (including phenoxy) is 1. The molecule has 1 aromatic carbocycles. The average molecular weight is 469 g/mol. The molecule has 3 heterocycles. The number of likely N-dealkylation sites (tertiary alicyclic amines) is 1. The van der Waals surface area contributed by atoms with Crippen LogP contribution in [0.25, 0.3) is 0 Å². The topological polar surface area (TPSA) is 57.2 Å². The van der Waals surface area contributed by atoms with Crippen molar-refractivity contribution in [3.63, 3.8) is 0 Å². The fourth-order valence-corrected chi connectivity index (χ4v) is 5.39. The van der Waals surface area contributed by atoms with Gasteiger partial charge in [0, 0.05) is 43.8 Å². The maximum Gasteiger partial charge on any atom is 0.246 e. The van der Waals surface area contributed by atoms with E-state index < -0.39 is 0 Å². The minimum atomic E-state index is -0.232. The highest BCUT2D eigenvalue weighted by Crippen LogP contribution is 2.38. The summed E-state index contributed by atoms with van der Waals surface area (Å²) in [7, 11) is 2.13. The summed E-state index contributed by atoms with van der Waals surface area (Å²) in [5, 5.41) is 2.75. The van der Waals surface area contributed by atoms with Crippen molar-refractivity contribution in [3.8, 4) is 0 Å². The molecule has 33 heavy (non-hydrogen) atoms. The third kappa shape index (κ3) is 5.03. The quantitative estimate of drug-likeness (QED) is 0.647. The zero-order valence-electron chi connectivity index (χ0n) is 19.5. The van der Waals surface area contributed by atoms with E-state index in [0.717, 1.165) is 50.8 Å². The first-order valence-electron chi connectivity index (χ1n) is 12.1. The Balaban J connectivity index is 1.23. The number of hydrogen-bond donors (Lipinski definition) is 1. The smallest absolute Gasteiger partial charge is 0.246 e. The maximum absolute atomic E-state index is 11.9. The number of rotatable bonds is 6. The van der Waals surface area contributed by atoms with E-state index >= 15 is 0 Å². The monoisotopic (exact) mass is 468 g/mol. The zero-order chi connectivity index (χ0) is 22.9. The highest BCUT2D eigenvalue weighted by Gasteiger charge is 2.32. The predicted molar refractivity (Wildman–Crippen MR) is 133 cm³/mol. The van der Waals surface area contributed by atoms with E-state index in [0.29, 0.717) is 6.04 Å². The number of fused-ring (bicyclic) bond motifs is 1. The molecule has 3 aliphatic heterocycles. The van der Waals surface area contributed by atoms with Crippen LogP contribution < -0.4 is 10.2 Å². The number of piperidine rings is 1. The van der Waals surface area contributed by atoms with Crippen molar-refractivity contribution in [3.05, 3.63) is 52.7 Å². The predicted octanol–water partition coefficient (Wildman–Crippen LogP) is 3.66. The van der Waals surface area contributed by atoms with Crippen LogP contribution in [0.5, 0.6) is 0 Å². The van der Waals surface area contributed by atoms with E-state index in [1.807, 2.05) is 6.21 Å². The lowest BCUT2D eigenvalue weighted by molar-refractivity contribution is -0.129. The van der Waals surface area contributed by atoms with E-state index in [4.69, 9.17) is 21.3 Å². The summed E-state index contributed by atoms with van der Waals surface area (Å²) in [6, 6.07) is 8.95. The number of alkyl halides is 1. The standard InChI is InChI=1S/C26H33ClN4O2/c1-17-13-18-5-3-4-6-23(18)30(2)26(17)21-14-24(28-15-22(21)27)31-11-9-20(10-12-31)33-16-25(32)29-19-7-8-19/h3-6,14-15,19-20,22,24H,7-13,16H2,1-2H3,(H,29,32). The highest BCUT2D eigenvalue weighted by atomic mass is 35.5. The van der Waals surface area contributed by atoms with Gasteiger partial charge in [-0.1, -0.05) is 18.2 Å². The number of amides is 1. The number of carbonyl (C=O) groups excluding carboxylic acids is 1. The first kappa shape index (κ1) is 22.6. The third-order valence-electron chi connectivity index (χ3n) is 7.06. The fourth-order valence-electron chi connectivity index (χ4n) is 5.15. The van der Waals surface area contributed by atoms with E-state index in [-0.39, 0.29) is 30.2 Å². The first-order valence-corrected chi connectivity index (χ1v) is 12.5. The Morgan fingerprint density at radius 3 is 2.73 bits per heavy atom. The molecule has 1 N–H and O–H groups in total. The Morgan fingerprint density at radius 1 is 1.21 bits per heavy atom. The van der Waals surface area contributed by atoms with Crippen molar-refractivity contribution in [1.82, 2.24) is 10.2 Å². The second kappa shape index (κ2) is 9.61. The van der Waals surface area contributed by atoms with Crippen LogP contribution in [0.15, 0.2) is 52.2 Å². The minimum absolute atomic E-state index is 0.0133. The summed E-state index contributed by atoms with van der Waals surface area (Å²) < 4.78 is 5.88. The van der Waals surface area contributed by atoms with Crippen molar-refractivity contribution in [2.45, 2.75) is 62.7 Å². The van der Waals surface area contributed by atoms with Gasteiger partial charge in [0.05, 0.1) is 11.5 Å². The van der Waals surface area contributed by atoms with Gasteiger partial charge in [-0.2, -0.15) is 0 Å². The molecule has 5 rings (SSSR count). The molecule has 1 aliphatic carbocycles. The third-order valence-corrected chi connectivity index (χ3v) is 7.41. The summed E-state index contributed by atoms with van der Waals surface area (Å²) in [5.74, 6) is 0.0133. The summed E-state index contributed by atoms with van der Waals surface area (Å²) in [4.78, 5) is 21.3. The largest absolute Gasteiger partial charge is 0.368 e. The minimum Gasteiger partial charge on any atom is -0.368 e. The Bertz CT molecular complexity index is 992. The molecule has 2 unspecified atom stereocenters. The summed E-state index contributed by atoms with van der Waals surface area (Å²) in [5.41, 5.74) is 6.28. The number of hydrogen-bond acceptors (Lipinski definition) is 5. The van der Waals surface area contributed by atoms with Gasteiger partial charge < -0.3 is 15.0 Å². The molecule has 1 aromatic rings. The number of allylic oxidation sites excluding steroid dienone is 2. The van der Waals surface area contributed by atoms with Gasteiger partial charge in [0.2, 0.25) is 5.91 Å². The number of aliphatic imine (C=N–C) groups is 1. The van der Waals surface area contributed by atoms with Crippen LogP contribution in [0.1, 0.15) is 38.2 Å². The van der Waals surface area contributed by atoms with Crippen molar-refractivity contribution in [2.24, 2.45) is 4.99 Å². The lowest BCUT2D eigenvalue weighted by Gasteiger charge is -2.38. The average Bonchev–Trinajstić information content (AvgIpc) is 3.63. The van der Waals surface area contributed by atoms with Crippen LogP contribution in [0.2, 0.25) is 0 Å². The number of nitrogens with one attached hydrogen (secondary N) is 1. The molecule has 0 aromatic heterocycles. The van der Waals surface area contributed by atoms with Crippen molar-refractivity contribution < 1.29 is 9.53 Å². The van der Waals surface area contributed by atoms with Gasteiger partial charge in [0.15, 0.2) is 0 Å². The molecule has 7 heteroatoms. The zero-order valence-corrected chi connectivity index (χ0v) is 20.2. The van der Waals surface area contributed by atoms with Crippen molar-refractivity contribution in [1.29, 1.82) is 0 Å². The molecule has 6 nitrogen and oxygen atoms in total. The lowest BCUT2D eigenvalue weighted by Crippen LogP contribution is -2.44. The molecule has 2 atom stereocenters. The van der Waals surface area contributed by atoms with Gasteiger partial charge in [-0.05, 0) is 67.9 Å². The number of likely N-dealkylation sites (N-methyl/N-ethyl adjacent to an activating group) is 1. The summed E-state index contributed by atoms with van der Waals surface area (Å²) >= 11 is 6.76. The molecule has 0 bridgehead atoms. The second-order valence-electron chi connectivity index (χ2n) is 9.62. The Hall–Kier alpha value is -2.15. The molecule has 0 radical (unpaired) electrons. The van der Waals surface area contributed by atoms with Crippen LogP contribution in [0.4, 0.5) is 5.69 Å². The van der Waals surface area contributed by atoms with Gasteiger partial charge in [-0.25, -0.2) is 0 Å². The fraction of sp³-hybridized carbons (Fsp3) is 0.538. The Labute approximate surface area is 201 Å². The molecule has 1 saturated heterocycles. The second-order valence-corrected chi connectivity index (χ2v) is 10.1. The van der Waals surface area contributed by atoms with E-state index in [9.17, 15) is 4.79 Å². The highest BCUT2D eigenvalue weighted by molar-refractivity contribution is 6.31. The molecule has 4 aliphatic rings. The van der Waals surface area contributed by atoms with Crippen LogP contribution in [0.3, 0.4) is 0 Å². The molecule has 1 saturated carbocycles. The maximum atomic E-state index is 11.9.